The van der Waals surface area contributed by atoms with Gasteiger partial charge in [-0.1, -0.05) is 0 Å². The molecule has 0 radical (unpaired) electrons. The number of carbonyl (C=O) groups is 1. The van der Waals surface area contributed by atoms with Gasteiger partial charge >= 0.3 is 0 Å². The maximum Gasteiger partial charge on any atom is 0.227 e. The number of nitrogens with zero attached hydrogens (tertiary/aromatic N) is 2. The van der Waals surface area contributed by atoms with E-state index in [1.807, 2.05) is 23.2 Å². The quantitative estimate of drug-likeness (QED) is 0.815. The number of fused-ring (bicyclic) bond motifs is 1. The first-order valence-electron chi connectivity index (χ1n) is 6.18. The lowest BCUT2D eigenvalue weighted by Crippen LogP contribution is -2.32. The second kappa shape index (κ2) is 4.42. The van der Waals surface area contributed by atoms with Gasteiger partial charge in [-0.15, -0.1) is 0 Å². The minimum absolute atomic E-state index is 0.138. The Hall–Kier alpha value is -1.88. The topological polar surface area (TPSA) is 75.0 Å². The molecule has 1 saturated heterocycles. The molecule has 1 fully saturated rings. The molecule has 3 rings (SSSR count). The second-order valence-corrected chi connectivity index (χ2v) is 4.78. The number of hydrogen-bond acceptors (Lipinski definition) is 3. The molecule has 1 amide bonds. The lowest BCUT2D eigenvalue weighted by molar-refractivity contribution is -0.129. The van der Waals surface area contributed by atoms with Gasteiger partial charge in [0.25, 0.3) is 0 Å². The molecule has 0 saturated carbocycles. The number of nitrogens with one attached hydrogen (secondary N) is 1. The predicted octanol–water partition coefficient (Wildman–Crippen LogP) is 0.665. The van der Waals surface area contributed by atoms with Gasteiger partial charge in [0.1, 0.15) is 5.65 Å². The third-order valence-corrected chi connectivity index (χ3v) is 3.46. The summed E-state index contributed by atoms with van der Waals surface area (Å²) in [5.41, 5.74) is 7.65. The van der Waals surface area contributed by atoms with Crippen LogP contribution >= 0.6 is 0 Å². The maximum atomic E-state index is 12.1. The van der Waals surface area contributed by atoms with Crippen LogP contribution in [0.1, 0.15) is 12.0 Å². The second-order valence-electron chi connectivity index (χ2n) is 4.78. The van der Waals surface area contributed by atoms with Gasteiger partial charge in [0, 0.05) is 36.9 Å². The monoisotopic (exact) mass is 244 g/mol. The molecule has 2 aromatic heterocycles. The van der Waals surface area contributed by atoms with E-state index in [0.29, 0.717) is 13.0 Å². The summed E-state index contributed by atoms with van der Waals surface area (Å²) in [6, 6.07) is 4.01. The van der Waals surface area contributed by atoms with Crippen molar-refractivity contribution in [2.75, 3.05) is 13.1 Å². The number of rotatable bonds is 2. The van der Waals surface area contributed by atoms with E-state index < -0.39 is 0 Å². The number of carbonyl (C=O) groups excluding carboxylic acids is 1. The SMILES string of the molecule is N[C@@H]1CCN(C(=O)Cc2c[nH]c3ncccc23)C1. The van der Waals surface area contributed by atoms with Gasteiger partial charge in [-0.05, 0) is 24.1 Å². The molecule has 0 aromatic carbocycles. The molecule has 5 heteroatoms. The first-order chi connectivity index (χ1) is 8.74. The van der Waals surface area contributed by atoms with E-state index in [0.717, 1.165) is 29.6 Å². The van der Waals surface area contributed by atoms with Gasteiger partial charge in [-0.2, -0.15) is 0 Å². The van der Waals surface area contributed by atoms with Crippen molar-refractivity contribution in [3.8, 4) is 0 Å². The number of amides is 1. The van der Waals surface area contributed by atoms with Crippen molar-refractivity contribution in [2.24, 2.45) is 5.73 Å². The molecule has 0 spiro atoms. The van der Waals surface area contributed by atoms with Crippen LogP contribution in [0.15, 0.2) is 24.5 Å². The Labute approximate surface area is 105 Å². The first-order valence-corrected chi connectivity index (χ1v) is 6.18. The van der Waals surface area contributed by atoms with Gasteiger partial charge in [-0.3, -0.25) is 4.79 Å². The molecule has 0 aliphatic carbocycles. The fourth-order valence-corrected chi connectivity index (χ4v) is 2.45. The number of nitrogens with two attached hydrogens (primary N) is 1. The fraction of sp³-hybridized carbons (Fsp3) is 0.385. The highest BCUT2D eigenvalue weighted by Crippen LogP contribution is 2.18. The summed E-state index contributed by atoms with van der Waals surface area (Å²) in [6.45, 7) is 1.46. The van der Waals surface area contributed by atoms with Gasteiger partial charge in [0.05, 0.1) is 6.42 Å². The molecule has 3 heterocycles. The fourth-order valence-electron chi connectivity index (χ4n) is 2.45. The molecule has 1 aliphatic rings. The van der Waals surface area contributed by atoms with E-state index in [9.17, 15) is 4.79 Å². The number of likely N-dealkylation sites (tertiary alicyclic amines) is 1. The van der Waals surface area contributed by atoms with E-state index in [-0.39, 0.29) is 11.9 Å². The Morgan fingerprint density at radius 2 is 2.50 bits per heavy atom. The average molecular weight is 244 g/mol. The molecule has 0 bridgehead atoms. The molecule has 94 valence electrons. The van der Waals surface area contributed by atoms with Crippen LogP contribution in [0, 0.1) is 0 Å². The van der Waals surface area contributed by atoms with Gasteiger partial charge in [-0.25, -0.2) is 4.98 Å². The van der Waals surface area contributed by atoms with Crippen LogP contribution in [-0.4, -0.2) is 39.9 Å². The third-order valence-electron chi connectivity index (χ3n) is 3.46. The van der Waals surface area contributed by atoms with Gasteiger partial charge < -0.3 is 15.6 Å². The van der Waals surface area contributed by atoms with Crippen LogP contribution in [0.2, 0.25) is 0 Å². The lowest BCUT2D eigenvalue weighted by atomic mass is 10.1. The van der Waals surface area contributed by atoms with E-state index >= 15 is 0 Å². The molecule has 0 unspecified atom stereocenters. The van der Waals surface area contributed by atoms with Crippen molar-refractivity contribution in [1.29, 1.82) is 0 Å². The predicted molar refractivity (Wildman–Crippen MR) is 69.0 cm³/mol. The molecule has 1 aliphatic heterocycles. The number of aromatic amines is 1. The van der Waals surface area contributed by atoms with Crippen LogP contribution in [0.25, 0.3) is 11.0 Å². The smallest absolute Gasteiger partial charge is 0.227 e. The normalized spacial score (nSPS) is 19.6. The maximum absolute atomic E-state index is 12.1. The summed E-state index contributed by atoms with van der Waals surface area (Å²) >= 11 is 0. The van der Waals surface area contributed by atoms with Crippen LogP contribution in [0.5, 0.6) is 0 Å². The van der Waals surface area contributed by atoms with Gasteiger partial charge in [0.15, 0.2) is 0 Å². The summed E-state index contributed by atoms with van der Waals surface area (Å²) < 4.78 is 0. The Morgan fingerprint density at radius 1 is 1.61 bits per heavy atom. The number of pyridine rings is 1. The summed E-state index contributed by atoms with van der Waals surface area (Å²) in [4.78, 5) is 21.3. The van der Waals surface area contributed by atoms with E-state index in [1.165, 1.54) is 0 Å². The van der Waals surface area contributed by atoms with E-state index in [1.54, 1.807) is 6.20 Å². The Bertz CT molecular complexity index is 577. The lowest BCUT2D eigenvalue weighted by Gasteiger charge is -2.15. The molecule has 1 atom stereocenters. The van der Waals surface area contributed by atoms with E-state index in [2.05, 4.69) is 9.97 Å². The zero-order valence-corrected chi connectivity index (χ0v) is 10.1. The molecule has 2 aromatic rings. The minimum Gasteiger partial charge on any atom is -0.346 e. The summed E-state index contributed by atoms with van der Waals surface area (Å²) in [6.07, 6.45) is 4.93. The third kappa shape index (κ3) is 1.97. The Morgan fingerprint density at radius 3 is 3.28 bits per heavy atom. The van der Waals surface area contributed by atoms with Crippen molar-refractivity contribution in [3.05, 3.63) is 30.1 Å². The molecular weight excluding hydrogens is 228 g/mol. The van der Waals surface area contributed by atoms with Crippen molar-refractivity contribution in [1.82, 2.24) is 14.9 Å². The van der Waals surface area contributed by atoms with Crippen LogP contribution in [0.4, 0.5) is 0 Å². The largest absolute Gasteiger partial charge is 0.346 e. The molecule has 3 N–H and O–H groups in total. The number of H-pyrrole nitrogens is 1. The standard InChI is InChI=1S/C13H16N4O/c14-10-3-5-17(8-10)12(18)6-9-7-16-13-11(9)2-1-4-15-13/h1-2,4,7,10H,3,5-6,8,14H2,(H,15,16)/t10-/m1/s1. The molecule has 18 heavy (non-hydrogen) atoms. The highest BCUT2D eigenvalue weighted by atomic mass is 16.2. The summed E-state index contributed by atoms with van der Waals surface area (Å²) in [5, 5.41) is 1.02. The minimum atomic E-state index is 0.138. The van der Waals surface area contributed by atoms with Crippen LogP contribution in [-0.2, 0) is 11.2 Å². The van der Waals surface area contributed by atoms with Crippen molar-refractivity contribution < 1.29 is 4.79 Å². The summed E-state index contributed by atoms with van der Waals surface area (Å²) in [5.74, 6) is 0.146. The Kier molecular flexibility index (Phi) is 2.76. The van der Waals surface area contributed by atoms with Crippen molar-refractivity contribution in [2.45, 2.75) is 18.9 Å². The highest BCUT2D eigenvalue weighted by molar-refractivity contribution is 5.87. The highest BCUT2D eigenvalue weighted by Gasteiger charge is 2.24. The number of aromatic nitrogens is 2. The zero-order valence-electron chi connectivity index (χ0n) is 10.1. The van der Waals surface area contributed by atoms with Gasteiger partial charge in [0.2, 0.25) is 5.91 Å². The average Bonchev–Trinajstić information content (AvgIpc) is 2.97. The van der Waals surface area contributed by atoms with Crippen molar-refractivity contribution in [3.63, 3.8) is 0 Å². The zero-order chi connectivity index (χ0) is 12.5. The van der Waals surface area contributed by atoms with E-state index in [4.69, 9.17) is 5.73 Å². The van der Waals surface area contributed by atoms with Crippen LogP contribution in [0.3, 0.4) is 0 Å². The summed E-state index contributed by atoms with van der Waals surface area (Å²) in [7, 11) is 0. The van der Waals surface area contributed by atoms with Crippen LogP contribution < -0.4 is 5.73 Å². The first kappa shape index (κ1) is 11.2. The number of hydrogen-bond donors (Lipinski definition) is 2. The Balaban J connectivity index is 1.78. The molecule has 5 nitrogen and oxygen atoms in total. The molecular formula is C13H16N4O. The van der Waals surface area contributed by atoms with Crippen molar-refractivity contribution >= 4 is 16.9 Å².